The van der Waals surface area contributed by atoms with Crippen molar-refractivity contribution in [3.05, 3.63) is 48.0 Å². The molecule has 0 spiro atoms. The second kappa shape index (κ2) is 4.61. The standard InChI is InChI=1S/C13H15O3P/c1-2-13(17(14,15)16)12-8-7-10-5-3-4-6-11(10)9-12/h3-9,13H,2H2,1H3,(H2,14,15,16). The molecule has 0 saturated heterocycles. The van der Waals surface area contributed by atoms with Gasteiger partial charge in [0.25, 0.3) is 0 Å². The van der Waals surface area contributed by atoms with Gasteiger partial charge in [-0.2, -0.15) is 0 Å². The van der Waals surface area contributed by atoms with E-state index < -0.39 is 13.3 Å². The predicted molar refractivity (Wildman–Crippen MR) is 69.0 cm³/mol. The van der Waals surface area contributed by atoms with Gasteiger partial charge < -0.3 is 9.79 Å². The first-order chi connectivity index (χ1) is 8.02. The average molecular weight is 250 g/mol. The van der Waals surface area contributed by atoms with Crippen LogP contribution in [-0.2, 0) is 4.57 Å². The predicted octanol–water partition coefficient (Wildman–Crippen LogP) is 3.47. The quantitative estimate of drug-likeness (QED) is 0.820. The Morgan fingerprint density at radius 1 is 1.12 bits per heavy atom. The highest BCUT2D eigenvalue weighted by molar-refractivity contribution is 7.52. The van der Waals surface area contributed by atoms with Gasteiger partial charge in [0, 0.05) is 0 Å². The van der Waals surface area contributed by atoms with Crippen molar-refractivity contribution in [3.63, 3.8) is 0 Å². The zero-order valence-corrected chi connectivity index (χ0v) is 10.5. The van der Waals surface area contributed by atoms with Crippen molar-refractivity contribution >= 4 is 18.4 Å². The average Bonchev–Trinajstić information content (AvgIpc) is 2.28. The molecule has 0 bridgehead atoms. The molecule has 90 valence electrons. The molecule has 3 nitrogen and oxygen atoms in total. The van der Waals surface area contributed by atoms with Gasteiger partial charge in [-0.15, -0.1) is 0 Å². The summed E-state index contributed by atoms with van der Waals surface area (Å²) in [5.41, 5.74) is 0.00615. The molecule has 2 rings (SSSR count). The fourth-order valence-electron chi connectivity index (χ4n) is 2.08. The Morgan fingerprint density at radius 3 is 2.35 bits per heavy atom. The summed E-state index contributed by atoms with van der Waals surface area (Å²) in [6, 6.07) is 13.4. The minimum Gasteiger partial charge on any atom is -0.324 e. The third-order valence-corrected chi connectivity index (χ3v) is 4.43. The van der Waals surface area contributed by atoms with E-state index >= 15 is 0 Å². The highest BCUT2D eigenvalue weighted by Gasteiger charge is 2.28. The third-order valence-electron chi connectivity index (χ3n) is 2.95. The largest absolute Gasteiger partial charge is 0.332 e. The van der Waals surface area contributed by atoms with E-state index in [9.17, 15) is 14.4 Å². The molecule has 0 radical (unpaired) electrons. The molecule has 17 heavy (non-hydrogen) atoms. The van der Waals surface area contributed by atoms with Gasteiger partial charge in [0.2, 0.25) is 0 Å². The van der Waals surface area contributed by atoms with Crippen molar-refractivity contribution in [2.45, 2.75) is 19.0 Å². The van der Waals surface area contributed by atoms with Crippen LogP contribution in [0.1, 0.15) is 24.6 Å². The highest BCUT2D eigenvalue weighted by atomic mass is 31.2. The first-order valence-electron chi connectivity index (χ1n) is 5.56. The van der Waals surface area contributed by atoms with E-state index in [-0.39, 0.29) is 0 Å². The van der Waals surface area contributed by atoms with Crippen molar-refractivity contribution in [1.29, 1.82) is 0 Å². The molecule has 0 aliphatic carbocycles. The van der Waals surface area contributed by atoms with Crippen LogP contribution in [0.4, 0.5) is 0 Å². The minimum absolute atomic E-state index is 0.433. The normalized spacial score (nSPS) is 13.8. The number of rotatable bonds is 3. The molecule has 4 heteroatoms. The van der Waals surface area contributed by atoms with Crippen molar-refractivity contribution in [1.82, 2.24) is 0 Å². The fourth-order valence-corrected chi connectivity index (χ4v) is 3.11. The van der Waals surface area contributed by atoms with E-state index in [2.05, 4.69) is 0 Å². The molecule has 2 aromatic carbocycles. The smallest absolute Gasteiger partial charge is 0.324 e. The Balaban J connectivity index is 2.52. The van der Waals surface area contributed by atoms with E-state index in [4.69, 9.17) is 0 Å². The van der Waals surface area contributed by atoms with E-state index in [1.807, 2.05) is 36.4 Å². The topological polar surface area (TPSA) is 57.5 Å². The maximum atomic E-state index is 11.4. The Labute approximate surface area is 100 Å². The number of hydrogen-bond acceptors (Lipinski definition) is 1. The van der Waals surface area contributed by atoms with Gasteiger partial charge in [0.05, 0.1) is 5.66 Å². The van der Waals surface area contributed by atoms with Crippen LogP contribution in [0, 0.1) is 0 Å². The second-order valence-electron chi connectivity index (χ2n) is 4.12. The molecular formula is C13H15O3P. The molecule has 1 atom stereocenters. The SMILES string of the molecule is CCC(c1ccc2ccccc2c1)P(=O)(O)O. The Kier molecular flexibility index (Phi) is 3.34. The van der Waals surface area contributed by atoms with Gasteiger partial charge in [-0.25, -0.2) is 0 Å². The third kappa shape index (κ3) is 2.58. The molecule has 0 amide bonds. The monoisotopic (exact) mass is 250 g/mol. The molecule has 0 saturated carbocycles. The van der Waals surface area contributed by atoms with Crippen molar-refractivity contribution in [2.75, 3.05) is 0 Å². The van der Waals surface area contributed by atoms with Crippen molar-refractivity contribution in [2.24, 2.45) is 0 Å². The van der Waals surface area contributed by atoms with Crippen LogP contribution in [0.15, 0.2) is 42.5 Å². The number of benzene rings is 2. The van der Waals surface area contributed by atoms with Crippen LogP contribution in [0.2, 0.25) is 0 Å². The lowest BCUT2D eigenvalue weighted by atomic mass is 10.0. The molecule has 2 N–H and O–H groups in total. The summed E-state index contributed by atoms with van der Waals surface area (Å²) in [6.07, 6.45) is 0.433. The first-order valence-corrected chi connectivity index (χ1v) is 7.24. The second-order valence-corrected chi connectivity index (χ2v) is 5.92. The van der Waals surface area contributed by atoms with Crippen LogP contribution in [0.25, 0.3) is 10.8 Å². The fraction of sp³-hybridized carbons (Fsp3) is 0.231. The van der Waals surface area contributed by atoms with Crippen LogP contribution >= 0.6 is 7.60 Å². The zero-order chi connectivity index (χ0) is 12.5. The highest BCUT2D eigenvalue weighted by Crippen LogP contribution is 2.53. The van der Waals surface area contributed by atoms with Crippen molar-refractivity contribution in [3.8, 4) is 0 Å². The summed E-state index contributed by atoms with van der Waals surface area (Å²) in [7, 11) is -4.08. The van der Waals surface area contributed by atoms with E-state index in [1.165, 1.54) is 0 Å². The molecule has 2 aromatic rings. The lowest BCUT2D eigenvalue weighted by molar-refractivity contribution is 0.357. The molecule has 0 aliphatic heterocycles. The number of hydrogen-bond donors (Lipinski definition) is 2. The van der Waals surface area contributed by atoms with Crippen LogP contribution in [0.5, 0.6) is 0 Å². The van der Waals surface area contributed by atoms with E-state index in [1.54, 1.807) is 13.0 Å². The van der Waals surface area contributed by atoms with Gasteiger partial charge >= 0.3 is 7.60 Å². The molecule has 0 aromatic heterocycles. The van der Waals surface area contributed by atoms with E-state index in [0.29, 0.717) is 12.0 Å². The Morgan fingerprint density at radius 2 is 1.76 bits per heavy atom. The van der Waals surface area contributed by atoms with Gasteiger partial charge in [0.15, 0.2) is 0 Å². The lowest BCUT2D eigenvalue weighted by Gasteiger charge is -2.17. The van der Waals surface area contributed by atoms with Crippen LogP contribution in [0.3, 0.4) is 0 Å². The van der Waals surface area contributed by atoms with Gasteiger partial charge in [0.1, 0.15) is 0 Å². The van der Waals surface area contributed by atoms with Gasteiger partial charge in [-0.3, -0.25) is 4.57 Å². The summed E-state index contributed by atoms with van der Waals surface area (Å²) in [6.45, 7) is 1.79. The van der Waals surface area contributed by atoms with Crippen LogP contribution < -0.4 is 0 Å². The van der Waals surface area contributed by atoms with Gasteiger partial charge in [-0.05, 0) is 22.8 Å². The van der Waals surface area contributed by atoms with Gasteiger partial charge in [-0.1, -0.05) is 49.4 Å². The minimum atomic E-state index is -4.08. The summed E-state index contributed by atoms with van der Waals surface area (Å²) in [5, 5.41) is 2.09. The Hall–Kier alpha value is -1.15. The number of fused-ring (bicyclic) bond motifs is 1. The summed E-state index contributed by atoms with van der Waals surface area (Å²) >= 11 is 0. The molecule has 0 heterocycles. The summed E-state index contributed by atoms with van der Waals surface area (Å²) in [5.74, 6) is 0. The Bertz CT molecular complexity index is 574. The van der Waals surface area contributed by atoms with E-state index in [0.717, 1.165) is 10.8 Å². The summed E-state index contributed by atoms with van der Waals surface area (Å²) < 4.78 is 11.4. The molecular weight excluding hydrogens is 235 g/mol. The summed E-state index contributed by atoms with van der Waals surface area (Å²) in [4.78, 5) is 18.6. The lowest BCUT2D eigenvalue weighted by Crippen LogP contribution is -1.98. The zero-order valence-electron chi connectivity index (χ0n) is 9.58. The maximum Gasteiger partial charge on any atom is 0.332 e. The maximum absolute atomic E-state index is 11.4. The van der Waals surface area contributed by atoms with Crippen LogP contribution in [-0.4, -0.2) is 9.79 Å². The first kappa shape index (κ1) is 12.3. The molecule has 0 fully saturated rings. The van der Waals surface area contributed by atoms with Crippen molar-refractivity contribution < 1.29 is 14.4 Å². The molecule has 1 unspecified atom stereocenters. The molecule has 0 aliphatic rings.